The van der Waals surface area contributed by atoms with Crippen LogP contribution in [0.3, 0.4) is 0 Å². The zero-order valence-electron chi connectivity index (χ0n) is 17.1. The Labute approximate surface area is 170 Å². The van der Waals surface area contributed by atoms with E-state index in [2.05, 4.69) is 10.6 Å². The lowest BCUT2D eigenvalue weighted by Crippen LogP contribution is -2.38. The van der Waals surface area contributed by atoms with E-state index in [4.69, 9.17) is 15.6 Å². The molecule has 1 aliphatic rings. The van der Waals surface area contributed by atoms with Crippen LogP contribution in [0.2, 0.25) is 0 Å². The number of hydrogen-bond acceptors (Lipinski definition) is 5. The Morgan fingerprint density at radius 1 is 1.34 bits per heavy atom. The van der Waals surface area contributed by atoms with E-state index in [1.807, 2.05) is 6.07 Å². The summed E-state index contributed by atoms with van der Waals surface area (Å²) in [4.78, 5) is 36.5. The fourth-order valence-electron chi connectivity index (χ4n) is 3.04. The van der Waals surface area contributed by atoms with Gasteiger partial charge < -0.3 is 31.1 Å². The summed E-state index contributed by atoms with van der Waals surface area (Å²) in [7, 11) is 0. The van der Waals surface area contributed by atoms with Gasteiger partial charge in [-0.2, -0.15) is 0 Å². The number of likely N-dealkylation sites (tertiary alicyclic amines) is 1. The average Bonchev–Trinajstić information content (AvgIpc) is 3.09. The first-order chi connectivity index (χ1) is 13.5. The Morgan fingerprint density at radius 3 is 2.69 bits per heavy atom. The quantitative estimate of drug-likeness (QED) is 0.571. The van der Waals surface area contributed by atoms with Crippen molar-refractivity contribution >= 4 is 18.1 Å². The molecule has 160 valence electrons. The number of nitrogens with two attached hydrogens (primary N) is 1. The molecule has 1 saturated heterocycles. The Morgan fingerprint density at radius 2 is 2.07 bits per heavy atom. The zero-order chi connectivity index (χ0) is 21.6. The first-order valence-electron chi connectivity index (χ1n) is 9.66. The van der Waals surface area contributed by atoms with E-state index in [0.29, 0.717) is 31.5 Å². The maximum Gasteiger partial charge on any atom is 0.407 e. The third kappa shape index (κ3) is 7.26. The van der Waals surface area contributed by atoms with E-state index in [-0.39, 0.29) is 24.5 Å². The van der Waals surface area contributed by atoms with Crippen LogP contribution in [0.15, 0.2) is 24.3 Å². The van der Waals surface area contributed by atoms with Crippen LogP contribution in [0.4, 0.5) is 9.59 Å². The van der Waals surface area contributed by atoms with E-state index in [0.717, 1.165) is 5.56 Å². The van der Waals surface area contributed by atoms with Gasteiger partial charge in [-0.25, -0.2) is 9.59 Å². The number of ether oxygens (including phenoxy) is 1. The molecular formula is C20H30N4O5. The number of carbonyl (C=O) groups is 3. The van der Waals surface area contributed by atoms with Gasteiger partial charge in [-0.1, -0.05) is 12.1 Å². The number of amides is 3. The Kier molecular flexibility index (Phi) is 7.44. The van der Waals surface area contributed by atoms with Crippen molar-refractivity contribution in [1.29, 1.82) is 0 Å². The summed E-state index contributed by atoms with van der Waals surface area (Å²) >= 11 is 0. The van der Waals surface area contributed by atoms with Crippen molar-refractivity contribution in [3.8, 4) is 0 Å². The van der Waals surface area contributed by atoms with Crippen LogP contribution in [-0.2, 0) is 4.74 Å². The number of alkyl carbamates (subject to hydrolysis) is 1. The number of nitrogens with zero attached hydrogens (tertiary/aromatic N) is 1. The minimum Gasteiger partial charge on any atom is -0.465 e. The summed E-state index contributed by atoms with van der Waals surface area (Å²) < 4.78 is 5.18. The van der Waals surface area contributed by atoms with Crippen molar-refractivity contribution in [3.05, 3.63) is 35.4 Å². The van der Waals surface area contributed by atoms with Crippen LogP contribution in [0.5, 0.6) is 0 Å². The molecule has 1 aromatic rings. The van der Waals surface area contributed by atoms with Crippen LogP contribution in [0, 0.1) is 0 Å². The van der Waals surface area contributed by atoms with Gasteiger partial charge in [0.25, 0.3) is 5.91 Å². The average molecular weight is 406 g/mol. The van der Waals surface area contributed by atoms with Crippen molar-refractivity contribution < 1.29 is 24.2 Å². The molecule has 2 rings (SSSR count). The van der Waals surface area contributed by atoms with Crippen LogP contribution < -0.4 is 16.4 Å². The maximum atomic E-state index is 12.5. The van der Waals surface area contributed by atoms with Crippen LogP contribution >= 0.6 is 0 Å². The third-order valence-corrected chi connectivity index (χ3v) is 4.49. The number of carboxylic acid groups (broad SMARTS) is 1. The van der Waals surface area contributed by atoms with Crippen molar-refractivity contribution in [2.24, 2.45) is 5.73 Å². The molecule has 5 N–H and O–H groups in total. The van der Waals surface area contributed by atoms with E-state index in [1.54, 1.807) is 39.0 Å². The minimum atomic E-state index is -0.977. The summed E-state index contributed by atoms with van der Waals surface area (Å²) in [5, 5.41) is 14.5. The molecule has 0 radical (unpaired) electrons. The van der Waals surface area contributed by atoms with Gasteiger partial charge in [0.05, 0.1) is 0 Å². The first-order valence-corrected chi connectivity index (χ1v) is 9.66. The van der Waals surface area contributed by atoms with Gasteiger partial charge >= 0.3 is 12.2 Å². The molecule has 1 unspecified atom stereocenters. The predicted octanol–water partition coefficient (Wildman–Crippen LogP) is 2.08. The topological polar surface area (TPSA) is 134 Å². The van der Waals surface area contributed by atoms with E-state index < -0.39 is 17.8 Å². The lowest BCUT2D eigenvalue weighted by Gasteiger charge is -2.20. The highest BCUT2D eigenvalue weighted by Crippen LogP contribution is 2.17. The van der Waals surface area contributed by atoms with Gasteiger partial charge in [-0.05, 0) is 51.3 Å². The Balaban J connectivity index is 1.85. The van der Waals surface area contributed by atoms with E-state index in [1.165, 1.54) is 4.90 Å². The molecule has 0 aromatic heterocycles. The van der Waals surface area contributed by atoms with E-state index in [9.17, 15) is 14.4 Å². The highest BCUT2D eigenvalue weighted by Gasteiger charge is 2.27. The fourth-order valence-corrected chi connectivity index (χ4v) is 3.04. The molecule has 1 aliphatic heterocycles. The summed E-state index contributed by atoms with van der Waals surface area (Å²) in [5.41, 5.74) is 6.88. The van der Waals surface area contributed by atoms with Gasteiger partial charge in [-0.15, -0.1) is 0 Å². The van der Waals surface area contributed by atoms with Gasteiger partial charge in [0.2, 0.25) is 0 Å². The largest absolute Gasteiger partial charge is 0.465 e. The molecule has 1 aromatic carbocycles. The van der Waals surface area contributed by atoms with Crippen LogP contribution in [0.25, 0.3) is 0 Å². The standard InChI is InChI=1S/C20H30N4O5/c1-20(2,3)29-18(26)22-9-7-16(21)13-5-4-6-14(11-13)17(25)23-15-8-10-24(12-15)19(27)28/h4-6,11,15-16H,7-10,12,21H2,1-3H3,(H,22,26)(H,23,25)(H,27,28)/t15-,16?/m0/s1. The van der Waals surface area contributed by atoms with E-state index >= 15 is 0 Å². The fraction of sp³-hybridized carbons (Fsp3) is 0.550. The number of hydrogen-bond donors (Lipinski definition) is 4. The molecule has 2 atom stereocenters. The molecule has 3 amide bonds. The van der Waals surface area contributed by atoms with Gasteiger partial charge in [-0.3, -0.25) is 4.79 Å². The molecule has 0 saturated carbocycles. The Bertz CT molecular complexity index is 747. The summed E-state index contributed by atoms with van der Waals surface area (Å²) in [5.74, 6) is -0.261. The first kappa shape index (κ1) is 22.5. The summed E-state index contributed by atoms with van der Waals surface area (Å²) in [6.07, 6.45) is -0.395. The van der Waals surface area contributed by atoms with Crippen LogP contribution in [0.1, 0.15) is 55.6 Å². The predicted molar refractivity (Wildman–Crippen MR) is 108 cm³/mol. The molecule has 9 heteroatoms. The summed E-state index contributed by atoms with van der Waals surface area (Å²) in [6, 6.07) is 6.44. The molecule has 0 bridgehead atoms. The minimum absolute atomic E-state index is 0.200. The second-order valence-electron chi connectivity index (χ2n) is 8.14. The lowest BCUT2D eigenvalue weighted by molar-refractivity contribution is 0.0526. The zero-order valence-corrected chi connectivity index (χ0v) is 17.1. The maximum absolute atomic E-state index is 12.5. The monoisotopic (exact) mass is 406 g/mol. The smallest absolute Gasteiger partial charge is 0.407 e. The Hall–Kier alpha value is -2.81. The SMILES string of the molecule is CC(C)(C)OC(=O)NCCC(N)c1cccc(C(=O)N[C@H]2CCN(C(=O)O)C2)c1. The van der Waals surface area contributed by atoms with Crippen molar-refractivity contribution in [2.75, 3.05) is 19.6 Å². The molecule has 1 fully saturated rings. The molecule has 0 aliphatic carbocycles. The van der Waals surface area contributed by atoms with Gasteiger partial charge in [0.15, 0.2) is 0 Å². The van der Waals surface area contributed by atoms with Crippen molar-refractivity contribution in [3.63, 3.8) is 0 Å². The third-order valence-electron chi connectivity index (χ3n) is 4.49. The molecule has 9 nitrogen and oxygen atoms in total. The number of benzene rings is 1. The molecular weight excluding hydrogens is 376 g/mol. The summed E-state index contributed by atoms with van der Waals surface area (Å²) in [6.45, 7) is 6.42. The lowest BCUT2D eigenvalue weighted by atomic mass is 10.0. The normalized spacial score (nSPS) is 17.5. The second kappa shape index (κ2) is 9.60. The van der Waals surface area contributed by atoms with Gasteiger partial charge in [0, 0.05) is 37.3 Å². The second-order valence-corrected chi connectivity index (χ2v) is 8.14. The molecule has 29 heavy (non-hydrogen) atoms. The van der Waals surface area contributed by atoms with Crippen molar-refractivity contribution in [2.45, 2.75) is 51.3 Å². The highest BCUT2D eigenvalue weighted by atomic mass is 16.6. The van der Waals surface area contributed by atoms with Crippen LogP contribution in [-0.4, -0.2) is 59.4 Å². The molecule has 1 heterocycles. The van der Waals surface area contributed by atoms with Crippen molar-refractivity contribution in [1.82, 2.24) is 15.5 Å². The number of nitrogens with one attached hydrogen (secondary N) is 2. The number of rotatable bonds is 6. The van der Waals surface area contributed by atoms with Gasteiger partial charge in [0.1, 0.15) is 5.60 Å². The number of carbonyl (C=O) groups excluding carboxylic acids is 2. The molecule has 0 spiro atoms. The highest BCUT2D eigenvalue weighted by molar-refractivity contribution is 5.94.